The number of oxime groups is 1. The summed E-state index contributed by atoms with van der Waals surface area (Å²) in [5.74, 6) is 0.259. The van der Waals surface area contributed by atoms with Crippen LogP contribution in [-0.2, 0) is 4.74 Å². The zero-order chi connectivity index (χ0) is 7.28. The number of hydrogen-bond acceptors (Lipinski definition) is 3. The van der Waals surface area contributed by atoms with Crippen molar-refractivity contribution < 1.29 is 9.94 Å². The van der Waals surface area contributed by atoms with Gasteiger partial charge in [0.25, 0.3) is 0 Å². The Kier molecular flexibility index (Phi) is 4.05. The lowest BCUT2D eigenvalue weighted by Crippen LogP contribution is -2.13. The Morgan fingerprint density at radius 2 is 2.22 bits per heavy atom. The van der Waals surface area contributed by atoms with Gasteiger partial charge in [0.1, 0.15) is 0 Å². The molecule has 3 nitrogen and oxygen atoms in total. The second kappa shape index (κ2) is 4.32. The van der Waals surface area contributed by atoms with Crippen LogP contribution in [0.1, 0.15) is 13.8 Å². The molecule has 0 aliphatic carbocycles. The highest BCUT2D eigenvalue weighted by Gasteiger charge is 2.03. The molecular weight excluding hydrogens is 118 g/mol. The zero-order valence-electron chi connectivity index (χ0n) is 6.09. The van der Waals surface area contributed by atoms with Gasteiger partial charge in [-0.15, -0.1) is 0 Å². The molecule has 0 saturated heterocycles. The first-order valence-electron chi connectivity index (χ1n) is 2.92. The SMILES string of the molecule is COCC(=NO)C(C)C. The minimum atomic E-state index is 0.259. The zero-order valence-corrected chi connectivity index (χ0v) is 6.09. The average Bonchev–Trinajstić information content (AvgIpc) is 1.82. The van der Waals surface area contributed by atoms with E-state index in [2.05, 4.69) is 5.16 Å². The summed E-state index contributed by atoms with van der Waals surface area (Å²) in [5, 5.41) is 11.4. The van der Waals surface area contributed by atoms with Gasteiger partial charge in [0.2, 0.25) is 0 Å². The van der Waals surface area contributed by atoms with E-state index in [1.54, 1.807) is 7.11 Å². The fraction of sp³-hybridized carbons (Fsp3) is 0.833. The lowest BCUT2D eigenvalue weighted by Gasteiger charge is -2.04. The van der Waals surface area contributed by atoms with Gasteiger partial charge >= 0.3 is 0 Å². The first-order chi connectivity index (χ1) is 4.22. The third-order valence-electron chi connectivity index (χ3n) is 1.09. The lowest BCUT2D eigenvalue weighted by molar-refractivity contribution is 0.232. The monoisotopic (exact) mass is 131 g/mol. The summed E-state index contributed by atoms with van der Waals surface area (Å²) in [6.07, 6.45) is 0. The summed E-state index contributed by atoms with van der Waals surface area (Å²) < 4.78 is 4.77. The van der Waals surface area contributed by atoms with Crippen LogP contribution in [0.5, 0.6) is 0 Å². The van der Waals surface area contributed by atoms with E-state index < -0.39 is 0 Å². The first kappa shape index (κ1) is 8.43. The number of rotatable bonds is 3. The van der Waals surface area contributed by atoms with Crippen LogP contribution in [0, 0.1) is 5.92 Å². The quantitative estimate of drug-likeness (QED) is 0.354. The van der Waals surface area contributed by atoms with Crippen LogP contribution >= 0.6 is 0 Å². The molecule has 0 unspecified atom stereocenters. The number of nitrogens with zero attached hydrogens (tertiary/aromatic N) is 1. The van der Waals surface area contributed by atoms with E-state index in [1.165, 1.54) is 0 Å². The fourth-order valence-corrected chi connectivity index (χ4v) is 0.459. The van der Waals surface area contributed by atoms with E-state index in [0.29, 0.717) is 12.3 Å². The summed E-state index contributed by atoms with van der Waals surface area (Å²) >= 11 is 0. The number of ether oxygens (including phenoxy) is 1. The molecule has 0 saturated carbocycles. The molecule has 54 valence electrons. The molecule has 0 aromatic rings. The maximum atomic E-state index is 8.34. The smallest absolute Gasteiger partial charge is 0.0880 e. The van der Waals surface area contributed by atoms with Crippen LogP contribution in [0.15, 0.2) is 5.16 Å². The Hall–Kier alpha value is -0.570. The molecule has 0 aromatic heterocycles. The molecule has 0 spiro atoms. The van der Waals surface area contributed by atoms with Gasteiger partial charge in [0.15, 0.2) is 0 Å². The van der Waals surface area contributed by atoms with E-state index in [9.17, 15) is 0 Å². The van der Waals surface area contributed by atoms with Crippen LogP contribution in [-0.4, -0.2) is 24.6 Å². The fourth-order valence-electron chi connectivity index (χ4n) is 0.459. The van der Waals surface area contributed by atoms with E-state index >= 15 is 0 Å². The predicted octanol–water partition coefficient (Wildman–Crippen LogP) is 1.12. The van der Waals surface area contributed by atoms with Gasteiger partial charge in [0.05, 0.1) is 12.3 Å². The van der Waals surface area contributed by atoms with Crippen LogP contribution in [0.4, 0.5) is 0 Å². The minimum absolute atomic E-state index is 0.259. The number of hydrogen-bond donors (Lipinski definition) is 1. The second-order valence-corrected chi connectivity index (χ2v) is 2.18. The van der Waals surface area contributed by atoms with Gasteiger partial charge in [-0.1, -0.05) is 19.0 Å². The summed E-state index contributed by atoms with van der Waals surface area (Å²) in [7, 11) is 1.58. The molecule has 0 aliphatic rings. The van der Waals surface area contributed by atoms with Crippen molar-refractivity contribution in [1.29, 1.82) is 0 Å². The highest BCUT2D eigenvalue weighted by Crippen LogP contribution is 1.95. The molecule has 3 heteroatoms. The van der Waals surface area contributed by atoms with Crippen LogP contribution < -0.4 is 0 Å². The molecule has 1 N–H and O–H groups in total. The second-order valence-electron chi connectivity index (χ2n) is 2.18. The van der Waals surface area contributed by atoms with Crippen molar-refractivity contribution in [3.05, 3.63) is 0 Å². The van der Waals surface area contributed by atoms with Crippen molar-refractivity contribution in [3.8, 4) is 0 Å². The molecule has 0 heterocycles. The van der Waals surface area contributed by atoms with Gasteiger partial charge in [-0.25, -0.2) is 0 Å². The average molecular weight is 131 g/mol. The molecule has 0 aliphatic heterocycles. The van der Waals surface area contributed by atoms with Crippen LogP contribution in [0.3, 0.4) is 0 Å². The van der Waals surface area contributed by atoms with Gasteiger partial charge in [-0.2, -0.15) is 0 Å². The molecule has 0 rings (SSSR count). The van der Waals surface area contributed by atoms with Crippen molar-refractivity contribution in [2.45, 2.75) is 13.8 Å². The standard InChI is InChI=1S/C6H13NO2/c1-5(2)6(7-8)4-9-3/h5,8H,4H2,1-3H3. The van der Waals surface area contributed by atoms with E-state index in [1.807, 2.05) is 13.8 Å². The van der Waals surface area contributed by atoms with E-state index in [-0.39, 0.29) is 5.92 Å². The van der Waals surface area contributed by atoms with Crippen molar-refractivity contribution in [2.24, 2.45) is 11.1 Å². The first-order valence-corrected chi connectivity index (χ1v) is 2.92. The maximum Gasteiger partial charge on any atom is 0.0880 e. The Morgan fingerprint density at radius 1 is 1.67 bits per heavy atom. The van der Waals surface area contributed by atoms with Crippen LogP contribution in [0.25, 0.3) is 0 Å². The third kappa shape index (κ3) is 3.08. The Labute approximate surface area is 55.3 Å². The maximum absolute atomic E-state index is 8.34. The van der Waals surface area contributed by atoms with Crippen molar-refractivity contribution >= 4 is 5.71 Å². The molecule has 0 bridgehead atoms. The van der Waals surface area contributed by atoms with Crippen molar-refractivity contribution in [1.82, 2.24) is 0 Å². The molecule has 0 radical (unpaired) electrons. The summed E-state index contributed by atoms with van der Waals surface area (Å²) in [5.41, 5.74) is 0.678. The molecule has 9 heavy (non-hydrogen) atoms. The van der Waals surface area contributed by atoms with E-state index in [4.69, 9.17) is 9.94 Å². The van der Waals surface area contributed by atoms with Crippen LogP contribution in [0.2, 0.25) is 0 Å². The molecule has 0 atom stereocenters. The predicted molar refractivity (Wildman–Crippen MR) is 35.9 cm³/mol. The summed E-state index contributed by atoms with van der Waals surface area (Å²) in [4.78, 5) is 0. The summed E-state index contributed by atoms with van der Waals surface area (Å²) in [6, 6.07) is 0. The van der Waals surface area contributed by atoms with Gasteiger partial charge in [0, 0.05) is 7.11 Å². The molecule has 0 amide bonds. The molecular formula is C6H13NO2. The Bertz CT molecular complexity index is 99.2. The lowest BCUT2D eigenvalue weighted by atomic mass is 10.1. The highest BCUT2D eigenvalue weighted by atomic mass is 16.5. The molecule has 0 fully saturated rings. The molecule has 0 aromatic carbocycles. The van der Waals surface area contributed by atoms with Crippen molar-refractivity contribution in [2.75, 3.05) is 13.7 Å². The van der Waals surface area contributed by atoms with Gasteiger partial charge in [-0.05, 0) is 5.92 Å². The topological polar surface area (TPSA) is 41.8 Å². The van der Waals surface area contributed by atoms with E-state index in [0.717, 1.165) is 0 Å². The normalized spacial score (nSPS) is 12.7. The summed E-state index contributed by atoms with van der Waals surface area (Å²) in [6.45, 7) is 4.32. The Balaban J connectivity index is 3.70. The minimum Gasteiger partial charge on any atom is -0.411 e. The van der Waals surface area contributed by atoms with Gasteiger partial charge < -0.3 is 9.94 Å². The van der Waals surface area contributed by atoms with Crippen molar-refractivity contribution in [3.63, 3.8) is 0 Å². The Morgan fingerprint density at radius 3 is 2.33 bits per heavy atom. The van der Waals surface area contributed by atoms with Gasteiger partial charge in [-0.3, -0.25) is 0 Å². The third-order valence-corrected chi connectivity index (χ3v) is 1.09. The number of methoxy groups -OCH3 is 1. The largest absolute Gasteiger partial charge is 0.411 e. The highest BCUT2D eigenvalue weighted by molar-refractivity contribution is 5.86.